The minimum atomic E-state index is -0.337. The Hall–Kier alpha value is -2.42. The SMILES string of the molecule is COc1cc(C#N)ccc1OCC(=O)NCC(C)(C)c1ccc(Cl)c(Cl)c1. The predicted octanol–water partition coefficient (Wildman–Crippen LogP) is 4.35. The first-order valence-corrected chi connectivity index (χ1v) is 8.95. The Labute approximate surface area is 168 Å². The molecule has 0 radical (unpaired) electrons. The number of rotatable bonds is 7. The molecule has 0 atom stereocenters. The van der Waals surface area contributed by atoms with E-state index in [1.165, 1.54) is 7.11 Å². The first kappa shape index (κ1) is 20.9. The summed E-state index contributed by atoms with van der Waals surface area (Å²) >= 11 is 12.0. The van der Waals surface area contributed by atoms with Crippen LogP contribution in [-0.4, -0.2) is 26.2 Å². The molecule has 2 aromatic carbocycles. The summed E-state index contributed by atoms with van der Waals surface area (Å²) in [6.45, 7) is 4.23. The average molecular weight is 407 g/mol. The van der Waals surface area contributed by atoms with Crippen LogP contribution in [0.4, 0.5) is 0 Å². The number of halogens is 2. The summed E-state index contributed by atoms with van der Waals surface area (Å²) in [6, 6.07) is 12.2. The molecule has 0 spiro atoms. The van der Waals surface area contributed by atoms with Crippen LogP contribution in [0.25, 0.3) is 0 Å². The Balaban J connectivity index is 1.94. The van der Waals surface area contributed by atoms with Gasteiger partial charge in [-0.25, -0.2) is 0 Å². The summed E-state index contributed by atoms with van der Waals surface area (Å²) < 4.78 is 10.7. The minimum Gasteiger partial charge on any atom is -0.493 e. The lowest BCUT2D eigenvalue weighted by Crippen LogP contribution is -2.39. The summed E-state index contributed by atoms with van der Waals surface area (Å²) in [4.78, 5) is 12.2. The quantitative estimate of drug-likeness (QED) is 0.741. The van der Waals surface area contributed by atoms with Crippen LogP contribution in [0.15, 0.2) is 36.4 Å². The molecular weight excluding hydrogens is 387 g/mol. The molecule has 2 rings (SSSR count). The van der Waals surface area contributed by atoms with E-state index in [4.69, 9.17) is 37.9 Å². The van der Waals surface area contributed by atoms with E-state index in [0.717, 1.165) is 5.56 Å². The van der Waals surface area contributed by atoms with Crippen molar-refractivity contribution in [3.05, 3.63) is 57.6 Å². The highest BCUT2D eigenvalue weighted by Gasteiger charge is 2.22. The number of hydrogen-bond acceptors (Lipinski definition) is 4. The monoisotopic (exact) mass is 406 g/mol. The molecule has 0 fully saturated rings. The van der Waals surface area contributed by atoms with Crippen LogP contribution in [0.2, 0.25) is 10.0 Å². The van der Waals surface area contributed by atoms with E-state index in [0.29, 0.717) is 33.7 Å². The Kier molecular flexibility index (Phi) is 6.95. The second kappa shape index (κ2) is 8.98. The molecule has 5 nitrogen and oxygen atoms in total. The molecule has 2 aromatic rings. The maximum atomic E-state index is 12.2. The van der Waals surface area contributed by atoms with Crippen molar-refractivity contribution in [3.8, 4) is 17.6 Å². The average Bonchev–Trinajstić information content (AvgIpc) is 2.66. The number of carbonyl (C=O) groups excluding carboxylic acids is 1. The molecule has 0 saturated heterocycles. The van der Waals surface area contributed by atoms with Crippen LogP contribution in [0, 0.1) is 11.3 Å². The standard InChI is InChI=1S/C20H20Cl2N2O3/c1-20(2,14-5-6-15(21)16(22)9-14)12-24-19(25)11-27-17-7-4-13(10-23)8-18(17)26-3/h4-9H,11-12H2,1-3H3,(H,24,25). The fraction of sp³-hybridized carbons (Fsp3) is 0.300. The first-order chi connectivity index (χ1) is 12.8. The van der Waals surface area contributed by atoms with Gasteiger partial charge in [-0.3, -0.25) is 4.79 Å². The highest BCUT2D eigenvalue weighted by atomic mass is 35.5. The highest BCUT2D eigenvalue weighted by Crippen LogP contribution is 2.30. The van der Waals surface area contributed by atoms with E-state index in [2.05, 4.69) is 5.32 Å². The third kappa shape index (κ3) is 5.53. The van der Waals surface area contributed by atoms with Gasteiger partial charge in [-0.1, -0.05) is 43.1 Å². The van der Waals surface area contributed by atoms with Crippen molar-refractivity contribution in [2.24, 2.45) is 0 Å². The molecule has 0 heterocycles. The van der Waals surface area contributed by atoms with Crippen molar-refractivity contribution in [3.63, 3.8) is 0 Å². The molecule has 0 saturated carbocycles. The van der Waals surface area contributed by atoms with Crippen LogP contribution < -0.4 is 14.8 Å². The van der Waals surface area contributed by atoms with Crippen LogP contribution in [0.1, 0.15) is 25.0 Å². The molecule has 0 aliphatic carbocycles. The number of methoxy groups -OCH3 is 1. The number of carbonyl (C=O) groups is 1. The molecule has 0 bridgehead atoms. The van der Waals surface area contributed by atoms with E-state index in [1.54, 1.807) is 30.3 Å². The minimum absolute atomic E-state index is 0.167. The number of nitrogens with zero attached hydrogens (tertiary/aromatic N) is 1. The van der Waals surface area contributed by atoms with Crippen molar-refractivity contribution in [2.45, 2.75) is 19.3 Å². The van der Waals surface area contributed by atoms with Crippen molar-refractivity contribution in [1.29, 1.82) is 5.26 Å². The number of nitrogens with one attached hydrogen (secondary N) is 1. The third-order valence-electron chi connectivity index (χ3n) is 4.08. The Morgan fingerprint density at radius 1 is 1.15 bits per heavy atom. The van der Waals surface area contributed by atoms with E-state index >= 15 is 0 Å². The van der Waals surface area contributed by atoms with Crippen LogP contribution in [-0.2, 0) is 10.2 Å². The fourth-order valence-electron chi connectivity index (χ4n) is 2.39. The summed E-state index contributed by atoms with van der Waals surface area (Å²) in [5.74, 6) is 0.530. The topological polar surface area (TPSA) is 71.3 Å². The Morgan fingerprint density at radius 2 is 1.89 bits per heavy atom. The lowest BCUT2D eigenvalue weighted by Gasteiger charge is -2.26. The molecule has 7 heteroatoms. The van der Waals surface area contributed by atoms with Crippen molar-refractivity contribution in [1.82, 2.24) is 5.32 Å². The number of hydrogen-bond donors (Lipinski definition) is 1. The Bertz CT molecular complexity index is 876. The first-order valence-electron chi connectivity index (χ1n) is 8.20. The maximum Gasteiger partial charge on any atom is 0.257 e. The van der Waals surface area contributed by atoms with Gasteiger partial charge in [-0.05, 0) is 29.8 Å². The van der Waals surface area contributed by atoms with Crippen molar-refractivity contribution in [2.75, 3.05) is 20.3 Å². The lowest BCUT2D eigenvalue weighted by atomic mass is 9.84. The van der Waals surface area contributed by atoms with Gasteiger partial charge in [0.25, 0.3) is 5.91 Å². The summed E-state index contributed by atoms with van der Waals surface area (Å²) in [6.07, 6.45) is 0. The molecule has 0 aromatic heterocycles. The van der Waals surface area contributed by atoms with Gasteiger partial charge in [0, 0.05) is 18.0 Å². The van der Waals surface area contributed by atoms with E-state index in [-0.39, 0.29) is 17.9 Å². The van der Waals surface area contributed by atoms with Crippen LogP contribution in [0.3, 0.4) is 0 Å². The number of benzene rings is 2. The number of ether oxygens (including phenoxy) is 2. The Morgan fingerprint density at radius 3 is 2.52 bits per heavy atom. The zero-order valence-corrected chi connectivity index (χ0v) is 16.8. The predicted molar refractivity (Wildman–Crippen MR) is 106 cm³/mol. The van der Waals surface area contributed by atoms with Gasteiger partial charge in [0.2, 0.25) is 0 Å². The second-order valence-corrected chi connectivity index (χ2v) is 7.37. The normalized spacial score (nSPS) is 10.8. The third-order valence-corrected chi connectivity index (χ3v) is 4.82. The van der Waals surface area contributed by atoms with Gasteiger partial charge >= 0.3 is 0 Å². The summed E-state index contributed by atoms with van der Waals surface area (Å²) in [5.41, 5.74) is 1.08. The van der Waals surface area contributed by atoms with Crippen molar-refractivity contribution < 1.29 is 14.3 Å². The van der Waals surface area contributed by atoms with Gasteiger partial charge in [0.05, 0.1) is 28.8 Å². The molecule has 0 aliphatic heterocycles. The molecule has 27 heavy (non-hydrogen) atoms. The van der Waals surface area contributed by atoms with Crippen LogP contribution in [0.5, 0.6) is 11.5 Å². The molecular formula is C20H20Cl2N2O3. The largest absolute Gasteiger partial charge is 0.493 e. The smallest absolute Gasteiger partial charge is 0.257 e. The molecule has 1 amide bonds. The number of amides is 1. The van der Waals surface area contributed by atoms with E-state index in [1.807, 2.05) is 26.0 Å². The second-order valence-electron chi connectivity index (χ2n) is 6.56. The molecule has 1 N–H and O–H groups in total. The van der Waals surface area contributed by atoms with Gasteiger partial charge in [-0.2, -0.15) is 5.26 Å². The van der Waals surface area contributed by atoms with Gasteiger partial charge < -0.3 is 14.8 Å². The van der Waals surface area contributed by atoms with Gasteiger partial charge in [-0.15, -0.1) is 0 Å². The van der Waals surface area contributed by atoms with Crippen LogP contribution >= 0.6 is 23.2 Å². The van der Waals surface area contributed by atoms with Gasteiger partial charge in [0.1, 0.15) is 0 Å². The zero-order valence-electron chi connectivity index (χ0n) is 15.3. The van der Waals surface area contributed by atoms with Crippen molar-refractivity contribution >= 4 is 29.1 Å². The summed E-state index contributed by atoms with van der Waals surface area (Å²) in [7, 11) is 1.48. The highest BCUT2D eigenvalue weighted by molar-refractivity contribution is 6.42. The molecule has 0 unspecified atom stereocenters. The lowest BCUT2D eigenvalue weighted by molar-refractivity contribution is -0.123. The zero-order chi connectivity index (χ0) is 20.0. The maximum absolute atomic E-state index is 12.2. The summed E-state index contributed by atoms with van der Waals surface area (Å²) in [5, 5.41) is 12.7. The number of nitriles is 1. The van der Waals surface area contributed by atoms with E-state index < -0.39 is 0 Å². The molecule has 142 valence electrons. The van der Waals surface area contributed by atoms with E-state index in [9.17, 15) is 4.79 Å². The van der Waals surface area contributed by atoms with Gasteiger partial charge in [0.15, 0.2) is 18.1 Å². The molecule has 0 aliphatic rings. The fourth-order valence-corrected chi connectivity index (χ4v) is 2.69.